The van der Waals surface area contributed by atoms with Gasteiger partial charge >= 0.3 is 10.2 Å². The van der Waals surface area contributed by atoms with Crippen molar-refractivity contribution in [2.45, 2.75) is 4.90 Å². The van der Waals surface area contributed by atoms with Crippen LogP contribution in [0, 0.1) is 0 Å². The molecule has 12 heteroatoms. The van der Waals surface area contributed by atoms with Crippen LogP contribution in [0.3, 0.4) is 0 Å². The standard InChI is InChI=1S/C11H14N4O6S2/c1-15(2)22(17,18)8-6-4-5-7(9(8)16)12-10-11(21-3)14-23(19,20)13-10/h4-6,16H,1-3H3,(H,12,13). The minimum Gasteiger partial charge on any atom is -0.504 e. The third-order valence-electron chi connectivity index (χ3n) is 2.81. The van der Waals surface area contributed by atoms with E-state index in [4.69, 9.17) is 4.74 Å². The van der Waals surface area contributed by atoms with Gasteiger partial charge in [0.2, 0.25) is 15.9 Å². The second kappa shape index (κ2) is 5.79. The van der Waals surface area contributed by atoms with E-state index in [1.54, 1.807) is 0 Å². The maximum absolute atomic E-state index is 12.1. The lowest BCUT2D eigenvalue weighted by molar-refractivity contribution is 0.412. The topological polar surface area (TPSA) is 138 Å². The van der Waals surface area contributed by atoms with Gasteiger partial charge in [-0.05, 0) is 12.1 Å². The van der Waals surface area contributed by atoms with Crippen LogP contribution >= 0.6 is 0 Å². The number of aromatic hydroxyl groups is 1. The molecule has 1 aliphatic heterocycles. The van der Waals surface area contributed by atoms with Crippen molar-refractivity contribution >= 4 is 37.7 Å². The van der Waals surface area contributed by atoms with Crippen LogP contribution < -0.4 is 5.32 Å². The maximum atomic E-state index is 12.1. The van der Waals surface area contributed by atoms with Gasteiger partial charge in [-0.3, -0.25) is 0 Å². The molecule has 0 spiro atoms. The number of phenols is 1. The summed E-state index contributed by atoms with van der Waals surface area (Å²) in [5.74, 6) is -1.14. The van der Waals surface area contributed by atoms with Crippen molar-refractivity contribution < 1.29 is 26.7 Å². The Morgan fingerprint density at radius 2 is 1.91 bits per heavy atom. The number of nitrogens with one attached hydrogen (secondary N) is 1. The van der Waals surface area contributed by atoms with E-state index in [1.807, 2.05) is 0 Å². The minimum absolute atomic E-state index is 0.0616. The monoisotopic (exact) mass is 362 g/mol. The first-order valence-electron chi connectivity index (χ1n) is 6.09. The van der Waals surface area contributed by atoms with E-state index < -0.39 is 26.0 Å². The zero-order chi connectivity index (χ0) is 17.4. The summed E-state index contributed by atoms with van der Waals surface area (Å²) in [7, 11) is -4.11. The molecule has 0 saturated heterocycles. The summed E-state index contributed by atoms with van der Waals surface area (Å²) in [4.78, 5) is -0.343. The fourth-order valence-corrected chi connectivity index (χ4v) is 3.45. The molecular weight excluding hydrogens is 348 g/mol. The summed E-state index contributed by atoms with van der Waals surface area (Å²) in [6.07, 6.45) is 0. The van der Waals surface area contributed by atoms with Crippen molar-refractivity contribution in [1.82, 2.24) is 4.31 Å². The van der Waals surface area contributed by atoms with Gasteiger partial charge in [-0.2, -0.15) is 8.42 Å². The Kier molecular flexibility index (Phi) is 4.32. The number of sulfonamides is 1. The number of hydrogen-bond donors (Lipinski definition) is 2. The minimum atomic E-state index is -4.06. The first-order chi connectivity index (χ1) is 10.6. The summed E-state index contributed by atoms with van der Waals surface area (Å²) in [5, 5.41) is 12.7. The van der Waals surface area contributed by atoms with Crippen LogP contribution in [0.15, 0.2) is 31.9 Å². The number of benzene rings is 1. The van der Waals surface area contributed by atoms with Gasteiger partial charge in [-0.1, -0.05) is 6.07 Å². The molecule has 1 aromatic carbocycles. The van der Waals surface area contributed by atoms with E-state index in [-0.39, 0.29) is 22.3 Å². The van der Waals surface area contributed by atoms with Crippen molar-refractivity contribution in [2.75, 3.05) is 26.5 Å². The first kappa shape index (κ1) is 17.2. The van der Waals surface area contributed by atoms with Gasteiger partial charge < -0.3 is 15.2 Å². The Balaban J connectivity index is 2.47. The molecule has 23 heavy (non-hydrogen) atoms. The lowest BCUT2D eigenvalue weighted by Crippen LogP contribution is -2.24. The van der Waals surface area contributed by atoms with Gasteiger partial charge in [-0.25, -0.2) is 12.7 Å². The number of phenolic OH excluding ortho intramolecular Hbond substituents is 1. The second-order valence-corrected chi connectivity index (χ2v) is 7.93. The highest BCUT2D eigenvalue weighted by atomic mass is 32.2. The zero-order valence-electron chi connectivity index (χ0n) is 12.4. The highest BCUT2D eigenvalue weighted by Crippen LogP contribution is 2.32. The highest BCUT2D eigenvalue weighted by Gasteiger charge is 2.28. The van der Waals surface area contributed by atoms with Crippen molar-refractivity contribution in [2.24, 2.45) is 8.80 Å². The summed E-state index contributed by atoms with van der Waals surface area (Å²) < 4.78 is 59.2. The summed E-state index contributed by atoms with van der Waals surface area (Å²) >= 11 is 0. The second-order valence-electron chi connectivity index (χ2n) is 4.55. The van der Waals surface area contributed by atoms with Crippen LogP contribution in [0.25, 0.3) is 0 Å². The molecular formula is C11H14N4O6S2. The molecule has 2 rings (SSSR count). The Bertz CT molecular complexity index is 902. The number of methoxy groups -OCH3 is 1. The smallest absolute Gasteiger partial charge is 0.368 e. The molecule has 0 saturated carbocycles. The predicted molar refractivity (Wildman–Crippen MR) is 83.4 cm³/mol. The molecule has 1 aliphatic rings. The summed E-state index contributed by atoms with van der Waals surface area (Å²) in [6, 6.07) is 3.95. The van der Waals surface area contributed by atoms with Crippen molar-refractivity contribution in [3.05, 3.63) is 18.2 Å². The lowest BCUT2D eigenvalue weighted by atomic mass is 10.3. The Morgan fingerprint density at radius 1 is 1.26 bits per heavy atom. The van der Waals surface area contributed by atoms with Crippen LogP contribution in [-0.4, -0.2) is 59.2 Å². The molecule has 0 radical (unpaired) electrons. The molecule has 0 aromatic heterocycles. The van der Waals surface area contributed by atoms with Crippen molar-refractivity contribution in [3.63, 3.8) is 0 Å². The van der Waals surface area contributed by atoms with Crippen molar-refractivity contribution in [1.29, 1.82) is 0 Å². The van der Waals surface area contributed by atoms with Gasteiger partial charge in [0.1, 0.15) is 4.90 Å². The number of hydrogen-bond acceptors (Lipinski definition) is 7. The molecule has 0 atom stereocenters. The highest BCUT2D eigenvalue weighted by molar-refractivity contribution is 7.89. The molecule has 1 heterocycles. The third-order valence-corrected chi connectivity index (χ3v) is 5.47. The van der Waals surface area contributed by atoms with Crippen LogP contribution in [0.4, 0.5) is 5.69 Å². The largest absolute Gasteiger partial charge is 0.504 e. The number of nitrogens with zero attached hydrogens (tertiary/aromatic N) is 3. The Morgan fingerprint density at radius 3 is 2.48 bits per heavy atom. The van der Waals surface area contributed by atoms with E-state index in [0.717, 1.165) is 4.31 Å². The van der Waals surface area contributed by atoms with E-state index in [1.165, 1.54) is 39.4 Å². The van der Waals surface area contributed by atoms with Crippen LogP contribution in [0.2, 0.25) is 0 Å². The molecule has 126 valence electrons. The maximum Gasteiger partial charge on any atom is 0.368 e. The van der Waals surface area contributed by atoms with Gasteiger partial charge in [0.05, 0.1) is 12.8 Å². The zero-order valence-corrected chi connectivity index (χ0v) is 14.0. The SMILES string of the molecule is COC1=NS(=O)(=O)N=C1Nc1cccc(S(=O)(=O)N(C)C)c1O. The van der Waals surface area contributed by atoms with Crippen LogP contribution in [-0.2, 0) is 25.0 Å². The summed E-state index contributed by atoms with van der Waals surface area (Å²) in [5.41, 5.74) is -0.0616. The number of anilines is 1. The number of ether oxygens (including phenoxy) is 1. The van der Waals surface area contributed by atoms with Crippen molar-refractivity contribution in [3.8, 4) is 5.75 Å². The van der Waals surface area contributed by atoms with Crippen LogP contribution in [0.5, 0.6) is 5.75 Å². The number of amidine groups is 1. The van der Waals surface area contributed by atoms with E-state index in [2.05, 4.69) is 14.1 Å². The van der Waals surface area contributed by atoms with Gasteiger partial charge in [0.15, 0.2) is 5.75 Å². The van der Waals surface area contributed by atoms with E-state index in [0.29, 0.717) is 0 Å². The van der Waals surface area contributed by atoms with E-state index >= 15 is 0 Å². The molecule has 0 amide bonds. The molecule has 1 aromatic rings. The molecule has 0 fully saturated rings. The Labute approximate surface area is 133 Å². The fourth-order valence-electron chi connectivity index (χ4n) is 1.69. The van der Waals surface area contributed by atoms with E-state index in [9.17, 15) is 21.9 Å². The van der Waals surface area contributed by atoms with Crippen LogP contribution in [0.1, 0.15) is 0 Å². The first-order valence-corrected chi connectivity index (χ1v) is 8.93. The van der Waals surface area contributed by atoms with Gasteiger partial charge in [0, 0.05) is 14.1 Å². The van der Waals surface area contributed by atoms with Gasteiger partial charge in [-0.15, -0.1) is 8.80 Å². The third kappa shape index (κ3) is 3.28. The average molecular weight is 362 g/mol. The quantitative estimate of drug-likeness (QED) is 0.707. The molecule has 0 unspecified atom stereocenters. The normalized spacial score (nSPS) is 16.9. The molecule has 2 N–H and O–H groups in total. The number of rotatable bonds is 3. The molecule has 0 bridgehead atoms. The number of para-hydroxylation sites is 1. The fraction of sp³-hybridized carbons (Fsp3) is 0.273. The Hall–Kier alpha value is -2.18. The lowest BCUT2D eigenvalue weighted by Gasteiger charge is -2.15. The predicted octanol–water partition coefficient (Wildman–Crippen LogP) is -0.244. The summed E-state index contributed by atoms with van der Waals surface area (Å²) in [6.45, 7) is 0. The average Bonchev–Trinajstić information content (AvgIpc) is 2.75. The van der Waals surface area contributed by atoms with Gasteiger partial charge in [0.25, 0.3) is 5.90 Å². The molecule has 10 nitrogen and oxygen atoms in total. The molecule has 0 aliphatic carbocycles.